The first-order valence-corrected chi connectivity index (χ1v) is 9.95. The molecule has 0 unspecified atom stereocenters. The number of likely N-dealkylation sites (N-methyl/N-ethyl adjacent to an activating group) is 1. The average molecular weight is 391 g/mol. The number of carbonyl (C=O) groups excluding carboxylic acids is 1. The van der Waals surface area contributed by atoms with Crippen LogP contribution in [0.1, 0.15) is 6.92 Å². The van der Waals surface area contributed by atoms with Gasteiger partial charge in [0.15, 0.2) is 0 Å². The standard InChI is InChI=1S/C19H25N3O4S/c1-5-26-17-12-11-15(13-18(17)27(24,25)21(2)3)20-19(23)14-22(4)16-9-7-6-8-10-16/h6-13H,5,14H2,1-4H3,(H,20,23). The van der Waals surface area contributed by atoms with Gasteiger partial charge >= 0.3 is 0 Å². The van der Waals surface area contributed by atoms with Crippen LogP contribution >= 0.6 is 0 Å². The van der Waals surface area contributed by atoms with E-state index in [4.69, 9.17) is 4.74 Å². The molecule has 1 N–H and O–H groups in total. The molecule has 0 fully saturated rings. The average Bonchev–Trinajstić information content (AvgIpc) is 2.63. The molecule has 0 aliphatic rings. The van der Waals surface area contributed by atoms with Crippen molar-refractivity contribution < 1.29 is 17.9 Å². The van der Waals surface area contributed by atoms with E-state index >= 15 is 0 Å². The zero-order valence-electron chi connectivity index (χ0n) is 16.0. The van der Waals surface area contributed by atoms with Crippen LogP contribution in [0, 0.1) is 0 Å². The van der Waals surface area contributed by atoms with Crippen LogP contribution in [0.3, 0.4) is 0 Å². The summed E-state index contributed by atoms with van der Waals surface area (Å²) in [6.45, 7) is 2.25. The van der Waals surface area contributed by atoms with Crippen LogP contribution in [-0.2, 0) is 14.8 Å². The molecule has 146 valence electrons. The molecule has 0 saturated carbocycles. The number of ether oxygens (including phenoxy) is 1. The van der Waals surface area contributed by atoms with Gasteiger partial charge in [0.2, 0.25) is 15.9 Å². The molecule has 2 rings (SSSR count). The van der Waals surface area contributed by atoms with Crippen LogP contribution in [-0.4, -0.2) is 52.9 Å². The highest BCUT2D eigenvalue weighted by molar-refractivity contribution is 7.89. The molecule has 27 heavy (non-hydrogen) atoms. The normalized spacial score (nSPS) is 11.3. The van der Waals surface area contributed by atoms with Gasteiger partial charge in [-0.1, -0.05) is 18.2 Å². The fraction of sp³-hybridized carbons (Fsp3) is 0.316. The molecule has 0 aliphatic heterocycles. The zero-order valence-corrected chi connectivity index (χ0v) is 16.8. The largest absolute Gasteiger partial charge is 0.492 e. The number of nitrogens with one attached hydrogen (secondary N) is 1. The number of hydrogen-bond donors (Lipinski definition) is 1. The molecule has 0 heterocycles. The van der Waals surface area contributed by atoms with E-state index in [0.29, 0.717) is 12.3 Å². The molecule has 0 atom stereocenters. The Hall–Kier alpha value is -2.58. The van der Waals surface area contributed by atoms with Gasteiger partial charge in [0, 0.05) is 32.5 Å². The van der Waals surface area contributed by atoms with E-state index < -0.39 is 10.0 Å². The second-order valence-corrected chi connectivity index (χ2v) is 8.24. The molecule has 0 aromatic heterocycles. The second-order valence-electron chi connectivity index (χ2n) is 6.12. The van der Waals surface area contributed by atoms with Gasteiger partial charge in [0.25, 0.3) is 0 Å². The van der Waals surface area contributed by atoms with Crippen LogP contribution in [0.2, 0.25) is 0 Å². The maximum atomic E-state index is 12.6. The van der Waals surface area contributed by atoms with Crippen molar-refractivity contribution in [1.29, 1.82) is 0 Å². The van der Waals surface area contributed by atoms with Crippen LogP contribution in [0.4, 0.5) is 11.4 Å². The third kappa shape index (κ3) is 5.21. The monoisotopic (exact) mass is 391 g/mol. The van der Waals surface area contributed by atoms with Gasteiger partial charge in [-0.25, -0.2) is 12.7 Å². The van der Waals surface area contributed by atoms with Crippen molar-refractivity contribution in [2.75, 3.05) is 44.5 Å². The summed E-state index contributed by atoms with van der Waals surface area (Å²) in [5.74, 6) is 0.00400. The van der Waals surface area contributed by atoms with Gasteiger partial charge in [-0.05, 0) is 37.3 Å². The number of benzene rings is 2. The van der Waals surface area contributed by atoms with Crippen molar-refractivity contribution in [2.24, 2.45) is 0 Å². The first kappa shape index (κ1) is 20.7. The number of anilines is 2. The van der Waals surface area contributed by atoms with Gasteiger partial charge in [0.05, 0.1) is 13.2 Å². The Morgan fingerprint density at radius 3 is 2.33 bits per heavy atom. The first-order valence-electron chi connectivity index (χ1n) is 8.51. The summed E-state index contributed by atoms with van der Waals surface area (Å²) in [5, 5.41) is 2.74. The van der Waals surface area contributed by atoms with Crippen molar-refractivity contribution in [2.45, 2.75) is 11.8 Å². The van der Waals surface area contributed by atoms with Gasteiger partial charge in [-0.15, -0.1) is 0 Å². The molecule has 7 nitrogen and oxygen atoms in total. The van der Waals surface area contributed by atoms with Crippen molar-refractivity contribution in [3.63, 3.8) is 0 Å². The molecule has 8 heteroatoms. The van der Waals surface area contributed by atoms with Gasteiger partial charge in [-0.2, -0.15) is 0 Å². The van der Waals surface area contributed by atoms with Gasteiger partial charge in [0.1, 0.15) is 10.6 Å². The Bertz CT molecular complexity index is 883. The van der Waals surface area contributed by atoms with Crippen molar-refractivity contribution in [1.82, 2.24) is 4.31 Å². The fourth-order valence-corrected chi connectivity index (χ4v) is 3.50. The summed E-state index contributed by atoms with van der Waals surface area (Å²) in [4.78, 5) is 14.2. The first-order chi connectivity index (χ1) is 12.8. The van der Waals surface area contributed by atoms with Crippen molar-refractivity contribution in [3.8, 4) is 5.75 Å². The lowest BCUT2D eigenvalue weighted by molar-refractivity contribution is -0.114. The van der Waals surface area contributed by atoms with E-state index in [1.165, 1.54) is 20.2 Å². The number of sulfonamides is 1. The highest BCUT2D eigenvalue weighted by Gasteiger charge is 2.23. The lowest BCUT2D eigenvalue weighted by Crippen LogP contribution is -2.30. The molecule has 0 saturated heterocycles. The number of hydrogen-bond acceptors (Lipinski definition) is 5. The van der Waals surface area contributed by atoms with E-state index in [0.717, 1.165) is 9.99 Å². The number of para-hydroxylation sites is 1. The second kappa shape index (κ2) is 8.88. The van der Waals surface area contributed by atoms with Gasteiger partial charge in [-0.3, -0.25) is 4.79 Å². The molecule has 0 radical (unpaired) electrons. The van der Waals surface area contributed by atoms with E-state index in [2.05, 4.69) is 5.32 Å². The number of nitrogens with zero attached hydrogens (tertiary/aromatic N) is 2. The van der Waals surface area contributed by atoms with Crippen molar-refractivity contribution >= 4 is 27.3 Å². The van der Waals surface area contributed by atoms with E-state index in [1.807, 2.05) is 37.4 Å². The Balaban J connectivity index is 2.20. The summed E-state index contributed by atoms with van der Waals surface area (Å²) in [7, 11) is 1.01. The van der Waals surface area contributed by atoms with Crippen molar-refractivity contribution in [3.05, 3.63) is 48.5 Å². The molecule has 0 aliphatic carbocycles. The number of carbonyl (C=O) groups is 1. The Morgan fingerprint density at radius 2 is 1.74 bits per heavy atom. The smallest absolute Gasteiger partial charge is 0.246 e. The predicted molar refractivity (Wildman–Crippen MR) is 107 cm³/mol. The quantitative estimate of drug-likeness (QED) is 0.748. The van der Waals surface area contributed by atoms with Crippen LogP contribution in [0.25, 0.3) is 0 Å². The molecular weight excluding hydrogens is 366 g/mol. The SMILES string of the molecule is CCOc1ccc(NC(=O)CN(C)c2ccccc2)cc1S(=O)(=O)N(C)C. The third-order valence-corrected chi connectivity index (χ3v) is 5.70. The fourth-order valence-electron chi connectivity index (χ4n) is 2.45. The minimum absolute atomic E-state index is 0.0172. The molecular formula is C19H25N3O4S. The summed E-state index contributed by atoms with van der Waals surface area (Å²) >= 11 is 0. The molecule has 0 bridgehead atoms. The van der Waals surface area contributed by atoms with E-state index in [-0.39, 0.29) is 23.1 Å². The number of amides is 1. The van der Waals surface area contributed by atoms with Crippen LogP contribution in [0.15, 0.2) is 53.4 Å². The Kier molecular flexibility index (Phi) is 6.81. The highest BCUT2D eigenvalue weighted by atomic mass is 32.2. The lowest BCUT2D eigenvalue weighted by Gasteiger charge is -2.19. The summed E-state index contributed by atoms with van der Waals surface area (Å²) in [5.41, 5.74) is 1.31. The summed E-state index contributed by atoms with van der Waals surface area (Å²) in [6, 6.07) is 14.1. The van der Waals surface area contributed by atoms with E-state index in [1.54, 1.807) is 24.0 Å². The Labute approximate surface area is 160 Å². The topological polar surface area (TPSA) is 79.0 Å². The third-order valence-electron chi connectivity index (χ3n) is 3.86. The molecule has 2 aromatic rings. The maximum Gasteiger partial charge on any atom is 0.246 e. The highest BCUT2D eigenvalue weighted by Crippen LogP contribution is 2.29. The zero-order chi connectivity index (χ0) is 20.0. The lowest BCUT2D eigenvalue weighted by atomic mass is 10.3. The summed E-state index contributed by atoms with van der Waals surface area (Å²) < 4.78 is 31.6. The minimum Gasteiger partial charge on any atom is -0.492 e. The summed E-state index contributed by atoms with van der Waals surface area (Å²) in [6.07, 6.45) is 0. The van der Waals surface area contributed by atoms with Crippen LogP contribution in [0.5, 0.6) is 5.75 Å². The predicted octanol–water partition coefficient (Wildman–Crippen LogP) is 2.41. The Morgan fingerprint density at radius 1 is 1.07 bits per heavy atom. The van der Waals surface area contributed by atoms with Gasteiger partial charge < -0.3 is 15.0 Å². The molecule has 2 aromatic carbocycles. The molecule has 0 spiro atoms. The number of rotatable bonds is 8. The maximum absolute atomic E-state index is 12.6. The molecule has 1 amide bonds. The van der Waals surface area contributed by atoms with Crippen LogP contribution < -0.4 is 15.0 Å². The minimum atomic E-state index is -3.71. The van der Waals surface area contributed by atoms with E-state index in [9.17, 15) is 13.2 Å².